The summed E-state index contributed by atoms with van der Waals surface area (Å²) in [6.45, 7) is 0.980. The number of hydrogen-bond donors (Lipinski definition) is 0. The molecule has 0 N–H and O–H groups in total. The molecule has 1 aromatic rings. The summed E-state index contributed by atoms with van der Waals surface area (Å²) in [6.07, 6.45) is 1.17. The predicted octanol–water partition coefficient (Wildman–Crippen LogP) is 1.77. The van der Waals surface area contributed by atoms with E-state index in [0.717, 1.165) is 11.8 Å². The summed E-state index contributed by atoms with van der Waals surface area (Å²) in [4.78, 5) is 50.6. The first-order valence-corrected chi connectivity index (χ1v) is 8.96. The number of carbonyl (C=O) groups excluding carboxylic acids is 4. The molecule has 0 atom stereocenters. The number of piperidine rings is 1. The third-order valence-electron chi connectivity index (χ3n) is 4.45. The molecule has 2 saturated heterocycles. The minimum atomic E-state index is -0.447. The van der Waals surface area contributed by atoms with Gasteiger partial charge >= 0.3 is 5.97 Å². The van der Waals surface area contributed by atoms with E-state index in [9.17, 15) is 19.2 Å². The molecule has 0 radical (unpaired) electrons. The molecule has 2 aliphatic heterocycles. The molecule has 3 amide bonds. The number of imide groups is 1. The van der Waals surface area contributed by atoms with E-state index in [-0.39, 0.29) is 28.8 Å². The third kappa shape index (κ3) is 3.53. The molecule has 2 heterocycles. The number of carbonyl (C=O) groups is 4. The molecule has 0 spiro atoms. The Morgan fingerprint density at radius 3 is 2.20 bits per heavy atom. The summed E-state index contributed by atoms with van der Waals surface area (Å²) in [5.74, 6) is -0.496. The van der Waals surface area contributed by atoms with Crippen LogP contribution in [0.2, 0.25) is 0 Å². The Hall–Kier alpha value is -2.35. The monoisotopic (exact) mass is 362 g/mol. The lowest BCUT2D eigenvalue weighted by atomic mass is 10.0. The van der Waals surface area contributed by atoms with E-state index in [0.29, 0.717) is 37.1 Å². The second-order valence-electron chi connectivity index (χ2n) is 5.91. The second kappa shape index (κ2) is 7.26. The van der Waals surface area contributed by atoms with Crippen molar-refractivity contribution >= 4 is 34.8 Å². The van der Waals surface area contributed by atoms with Gasteiger partial charge in [0.1, 0.15) is 0 Å². The Morgan fingerprint density at radius 1 is 1.08 bits per heavy atom. The molecular weight excluding hydrogens is 344 g/mol. The van der Waals surface area contributed by atoms with Crippen LogP contribution in [0.3, 0.4) is 0 Å². The van der Waals surface area contributed by atoms with E-state index in [2.05, 4.69) is 4.74 Å². The predicted molar refractivity (Wildman–Crippen MR) is 91.4 cm³/mol. The van der Waals surface area contributed by atoms with Gasteiger partial charge in [0.25, 0.3) is 11.1 Å². The highest BCUT2D eigenvalue weighted by atomic mass is 32.2. The van der Waals surface area contributed by atoms with Crippen molar-refractivity contribution in [1.82, 2.24) is 9.80 Å². The Kier molecular flexibility index (Phi) is 5.08. The van der Waals surface area contributed by atoms with Gasteiger partial charge in [-0.05, 0) is 37.1 Å². The van der Waals surface area contributed by atoms with Gasteiger partial charge in [-0.3, -0.25) is 19.3 Å². The Bertz CT molecular complexity index is 694. The molecule has 132 valence electrons. The number of likely N-dealkylation sites (tertiary alicyclic amines) is 1. The van der Waals surface area contributed by atoms with Crippen LogP contribution in [0.25, 0.3) is 0 Å². The molecule has 7 nitrogen and oxygen atoms in total. The van der Waals surface area contributed by atoms with Crippen LogP contribution in [-0.4, -0.2) is 64.8 Å². The molecule has 25 heavy (non-hydrogen) atoms. The zero-order valence-corrected chi connectivity index (χ0v) is 14.6. The van der Waals surface area contributed by atoms with Crippen molar-refractivity contribution in [3.63, 3.8) is 0 Å². The molecule has 0 aliphatic carbocycles. The van der Waals surface area contributed by atoms with Crippen molar-refractivity contribution < 1.29 is 23.9 Å². The minimum absolute atomic E-state index is 0.122. The van der Waals surface area contributed by atoms with Crippen molar-refractivity contribution in [1.29, 1.82) is 0 Å². The highest BCUT2D eigenvalue weighted by molar-refractivity contribution is 8.14. The number of ether oxygens (including phenoxy) is 1. The first kappa shape index (κ1) is 17.5. The van der Waals surface area contributed by atoms with E-state index >= 15 is 0 Å². The summed E-state index contributed by atoms with van der Waals surface area (Å²) < 4.78 is 4.64. The molecule has 2 fully saturated rings. The van der Waals surface area contributed by atoms with Crippen LogP contribution < -0.4 is 0 Å². The Balaban J connectivity index is 1.61. The fraction of sp³-hybridized carbons (Fsp3) is 0.412. The van der Waals surface area contributed by atoms with Crippen LogP contribution in [0, 0.1) is 0 Å². The van der Waals surface area contributed by atoms with Gasteiger partial charge in [0.2, 0.25) is 5.91 Å². The maximum Gasteiger partial charge on any atom is 0.337 e. The number of thioether (sulfide) groups is 1. The normalized spacial score (nSPS) is 18.6. The standard InChI is InChI=1S/C17H18N2O5S/c1-24-16(22)12-4-2-11(3-5-12)15(21)18-8-6-13(7-9-18)19-14(20)10-25-17(19)23/h2-5,13H,6-10H2,1H3. The van der Waals surface area contributed by atoms with Crippen molar-refractivity contribution in [2.45, 2.75) is 18.9 Å². The average molecular weight is 362 g/mol. The first-order chi connectivity index (χ1) is 12.0. The highest BCUT2D eigenvalue weighted by Crippen LogP contribution is 2.27. The van der Waals surface area contributed by atoms with Gasteiger partial charge in [-0.25, -0.2) is 4.79 Å². The van der Waals surface area contributed by atoms with Crippen molar-refractivity contribution in [2.24, 2.45) is 0 Å². The van der Waals surface area contributed by atoms with Crippen LogP contribution in [0.5, 0.6) is 0 Å². The molecule has 3 rings (SSSR count). The number of rotatable bonds is 3. The minimum Gasteiger partial charge on any atom is -0.465 e. The number of hydrogen-bond acceptors (Lipinski definition) is 6. The van der Waals surface area contributed by atoms with E-state index < -0.39 is 5.97 Å². The lowest BCUT2D eigenvalue weighted by Crippen LogP contribution is -2.48. The van der Waals surface area contributed by atoms with Crippen molar-refractivity contribution in [3.8, 4) is 0 Å². The molecular formula is C17H18N2O5S. The van der Waals surface area contributed by atoms with Crippen molar-refractivity contribution in [2.75, 3.05) is 26.0 Å². The number of nitrogens with zero attached hydrogens (tertiary/aromatic N) is 2. The van der Waals surface area contributed by atoms with Crippen molar-refractivity contribution in [3.05, 3.63) is 35.4 Å². The average Bonchev–Trinajstić information content (AvgIpc) is 2.99. The Labute approximate surface area is 149 Å². The van der Waals surface area contributed by atoms with Gasteiger partial charge in [0.15, 0.2) is 0 Å². The Morgan fingerprint density at radius 2 is 1.68 bits per heavy atom. The fourth-order valence-corrected chi connectivity index (χ4v) is 3.87. The number of amides is 3. The van der Waals surface area contributed by atoms with Crippen LogP contribution >= 0.6 is 11.8 Å². The summed E-state index contributed by atoms with van der Waals surface area (Å²) in [5, 5.41) is -0.187. The van der Waals surface area contributed by atoms with Gasteiger partial charge in [-0.2, -0.15) is 0 Å². The van der Waals surface area contributed by atoms with Gasteiger partial charge in [-0.15, -0.1) is 0 Å². The number of methoxy groups -OCH3 is 1. The smallest absolute Gasteiger partial charge is 0.337 e. The zero-order chi connectivity index (χ0) is 18.0. The maximum absolute atomic E-state index is 12.6. The zero-order valence-electron chi connectivity index (χ0n) is 13.8. The fourth-order valence-electron chi connectivity index (χ4n) is 3.09. The SMILES string of the molecule is COC(=O)c1ccc(C(=O)N2CCC(N3C(=O)CSC3=O)CC2)cc1. The molecule has 0 saturated carbocycles. The number of esters is 1. The largest absolute Gasteiger partial charge is 0.465 e. The van der Waals surface area contributed by atoms with E-state index in [1.54, 1.807) is 29.2 Å². The van der Waals surface area contributed by atoms with Gasteiger partial charge in [0, 0.05) is 24.7 Å². The quantitative estimate of drug-likeness (QED) is 0.762. The maximum atomic E-state index is 12.6. The topological polar surface area (TPSA) is 84.0 Å². The van der Waals surface area contributed by atoms with Gasteiger partial charge in [-0.1, -0.05) is 11.8 Å². The molecule has 1 aromatic carbocycles. The van der Waals surface area contributed by atoms with Gasteiger partial charge in [0.05, 0.1) is 18.4 Å². The van der Waals surface area contributed by atoms with Gasteiger partial charge < -0.3 is 9.64 Å². The summed E-state index contributed by atoms with van der Waals surface area (Å²) in [5.41, 5.74) is 0.885. The lowest BCUT2D eigenvalue weighted by molar-refractivity contribution is -0.126. The highest BCUT2D eigenvalue weighted by Gasteiger charge is 2.38. The molecule has 2 aliphatic rings. The summed E-state index contributed by atoms with van der Waals surface area (Å²) in [7, 11) is 1.31. The van der Waals surface area contributed by atoms with Crippen LogP contribution in [-0.2, 0) is 9.53 Å². The summed E-state index contributed by atoms with van der Waals surface area (Å²) in [6, 6.07) is 6.20. The third-order valence-corrected chi connectivity index (χ3v) is 5.29. The second-order valence-corrected chi connectivity index (χ2v) is 6.84. The van der Waals surface area contributed by atoms with E-state index in [1.807, 2.05) is 0 Å². The van der Waals surface area contributed by atoms with Crippen LogP contribution in [0.4, 0.5) is 4.79 Å². The van der Waals surface area contributed by atoms with Crippen LogP contribution in [0.15, 0.2) is 24.3 Å². The number of benzene rings is 1. The van der Waals surface area contributed by atoms with E-state index in [1.165, 1.54) is 12.0 Å². The van der Waals surface area contributed by atoms with E-state index in [4.69, 9.17) is 0 Å². The first-order valence-electron chi connectivity index (χ1n) is 7.97. The molecule has 0 aromatic heterocycles. The molecule has 0 unspecified atom stereocenters. The van der Waals surface area contributed by atoms with Crippen LogP contribution in [0.1, 0.15) is 33.6 Å². The summed E-state index contributed by atoms with van der Waals surface area (Å²) >= 11 is 1.04. The lowest BCUT2D eigenvalue weighted by Gasteiger charge is -2.35. The molecule has 0 bridgehead atoms. The molecule has 8 heteroatoms.